The number of rotatable bonds is 8. The molecule has 1 amide bonds. The fraction of sp³-hybridized carbons (Fsp3) is 0.208. The molecule has 0 saturated heterocycles. The van der Waals surface area contributed by atoms with Crippen molar-refractivity contribution in [3.8, 4) is 11.5 Å². The van der Waals surface area contributed by atoms with Crippen LogP contribution in [0, 0.1) is 6.92 Å². The van der Waals surface area contributed by atoms with Gasteiger partial charge in [0.25, 0.3) is 0 Å². The number of carbonyl (C=O) groups excluding carboxylic acids is 1. The minimum atomic E-state index is -0.511. The average Bonchev–Trinajstić information content (AvgIpc) is 2.75. The van der Waals surface area contributed by atoms with Crippen molar-refractivity contribution < 1.29 is 14.3 Å². The Hall–Kier alpha value is -3.31. The number of anilines is 1. The van der Waals surface area contributed by atoms with Gasteiger partial charge in [-0.25, -0.2) is 0 Å². The predicted octanol–water partition coefficient (Wildman–Crippen LogP) is 4.48. The maximum atomic E-state index is 13.2. The van der Waals surface area contributed by atoms with E-state index in [1.807, 2.05) is 79.7 Å². The molecule has 0 saturated carbocycles. The lowest BCUT2D eigenvalue weighted by Gasteiger charge is -2.20. The summed E-state index contributed by atoms with van der Waals surface area (Å²) >= 11 is 0. The second-order valence-corrected chi connectivity index (χ2v) is 6.77. The van der Waals surface area contributed by atoms with Crippen LogP contribution in [0.15, 0.2) is 72.8 Å². The Bertz CT molecular complexity index is 940. The minimum absolute atomic E-state index is 0.145. The molecule has 0 unspecified atom stereocenters. The van der Waals surface area contributed by atoms with Crippen LogP contribution in [0.3, 0.4) is 0 Å². The van der Waals surface area contributed by atoms with Gasteiger partial charge in [0.15, 0.2) is 0 Å². The largest absolute Gasteiger partial charge is 0.497 e. The molecule has 0 bridgehead atoms. The van der Waals surface area contributed by atoms with Crippen LogP contribution in [0.25, 0.3) is 0 Å². The predicted molar refractivity (Wildman–Crippen MR) is 115 cm³/mol. The highest BCUT2D eigenvalue weighted by Crippen LogP contribution is 2.27. The van der Waals surface area contributed by atoms with Gasteiger partial charge in [0.1, 0.15) is 17.5 Å². The summed E-state index contributed by atoms with van der Waals surface area (Å²) < 4.78 is 10.6. The molecule has 0 aliphatic rings. The number of hydrogen-bond acceptors (Lipinski definition) is 4. The number of nitrogens with one attached hydrogen (secondary N) is 2. The lowest BCUT2D eigenvalue weighted by Crippen LogP contribution is -2.32. The quantitative estimate of drug-likeness (QED) is 0.595. The first kappa shape index (κ1) is 20.4. The zero-order chi connectivity index (χ0) is 20.6. The number of methoxy groups -OCH3 is 2. The molecule has 3 aromatic rings. The van der Waals surface area contributed by atoms with E-state index in [4.69, 9.17) is 9.47 Å². The molecule has 3 rings (SSSR count). The fourth-order valence-corrected chi connectivity index (χ4v) is 3.10. The van der Waals surface area contributed by atoms with Crippen LogP contribution in [-0.4, -0.2) is 20.1 Å². The zero-order valence-corrected chi connectivity index (χ0v) is 16.9. The van der Waals surface area contributed by atoms with E-state index >= 15 is 0 Å². The van der Waals surface area contributed by atoms with Crippen LogP contribution >= 0.6 is 0 Å². The Morgan fingerprint density at radius 2 is 1.66 bits per heavy atom. The van der Waals surface area contributed by atoms with E-state index in [1.165, 1.54) is 0 Å². The maximum Gasteiger partial charge on any atom is 0.246 e. The number of ether oxygens (including phenoxy) is 2. The van der Waals surface area contributed by atoms with Gasteiger partial charge in [-0.15, -0.1) is 0 Å². The summed E-state index contributed by atoms with van der Waals surface area (Å²) in [5, 5.41) is 6.38. The molecule has 2 N–H and O–H groups in total. The summed E-state index contributed by atoms with van der Waals surface area (Å²) in [5.41, 5.74) is 3.66. The first-order valence-electron chi connectivity index (χ1n) is 9.47. The normalized spacial score (nSPS) is 11.6. The van der Waals surface area contributed by atoms with Crippen LogP contribution in [0.2, 0.25) is 0 Å². The maximum absolute atomic E-state index is 13.2. The van der Waals surface area contributed by atoms with E-state index in [9.17, 15) is 4.79 Å². The number of aryl methyl sites for hydroxylation is 1. The highest BCUT2D eigenvalue weighted by molar-refractivity contribution is 5.96. The zero-order valence-electron chi connectivity index (χ0n) is 16.9. The Kier molecular flexibility index (Phi) is 6.87. The van der Waals surface area contributed by atoms with E-state index in [2.05, 4.69) is 10.6 Å². The standard InChI is InChI=1S/C24H26N2O3/c1-17-9-14-22(29-3)21(15-17)26-24(27)23(19-7-5-4-6-8-19)25-16-18-10-12-20(28-2)13-11-18/h4-15,23,25H,16H2,1-3H3,(H,26,27)/t23-/m1/s1. The second-order valence-electron chi connectivity index (χ2n) is 6.77. The van der Waals surface area contributed by atoms with Crippen molar-refractivity contribution >= 4 is 11.6 Å². The molecule has 0 aromatic heterocycles. The van der Waals surface area contributed by atoms with E-state index in [1.54, 1.807) is 14.2 Å². The summed E-state index contributed by atoms with van der Waals surface area (Å²) in [5.74, 6) is 1.29. The highest BCUT2D eigenvalue weighted by Gasteiger charge is 2.21. The van der Waals surface area contributed by atoms with Crippen molar-refractivity contribution in [3.05, 3.63) is 89.5 Å². The summed E-state index contributed by atoms with van der Waals surface area (Å²) in [6, 6.07) is 22.7. The highest BCUT2D eigenvalue weighted by atomic mass is 16.5. The van der Waals surface area contributed by atoms with Crippen LogP contribution in [0.5, 0.6) is 11.5 Å². The lowest BCUT2D eigenvalue weighted by atomic mass is 10.0. The van der Waals surface area contributed by atoms with E-state index in [0.29, 0.717) is 18.0 Å². The molecule has 3 aromatic carbocycles. The molecule has 0 spiro atoms. The molecule has 0 aliphatic carbocycles. The van der Waals surface area contributed by atoms with Gasteiger partial charge in [0.2, 0.25) is 5.91 Å². The van der Waals surface area contributed by atoms with Crippen LogP contribution in [-0.2, 0) is 11.3 Å². The summed E-state index contributed by atoms with van der Waals surface area (Å²) in [7, 11) is 3.24. The molecule has 0 fully saturated rings. The van der Waals surface area contributed by atoms with Gasteiger partial charge in [0, 0.05) is 6.54 Å². The molecule has 0 aliphatic heterocycles. The van der Waals surface area contributed by atoms with Crippen molar-refractivity contribution in [3.63, 3.8) is 0 Å². The van der Waals surface area contributed by atoms with Gasteiger partial charge in [-0.3, -0.25) is 10.1 Å². The fourth-order valence-electron chi connectivity index (χ4n) is 3.10. The molecule has 5 nitrogen and oxygen atoms in total. The van der Waals surface area contributed by atoms with E-state index < -0.39 is 6.04 Å². The van der Waals surface area contributed by atoms with Crippen molar-refractivity contribution in [1.82, 2.24) is 5.32 Å². The van der Waals surface area contributed by atoms with Crippen molar-refractivity contribution in [1.29, 1.82) is 0 Å². The topological polar surface area (TPSA) is 59.6 Å². The lowest BCUT2D eigenvalue weighted by molar-refractivity contribution is -0.118. The third-order valence-electron chi connectivity index (χ3n) is 4.68. The summed E-state index contributed by atoms with van der Waals surface area (Å²) in [6.07, 6.45) is 0. The first-order chi connectivity index (χ1) is 14.1. The smallest absolute Gasteiger partial charge is 0.246 e. The average molecular weight is 390 g/mol. The first-order valence-corrected chi connectivity index (χ1v) is 9.47. The molecule has 150 valence electrons. The van der Waals surface area contributed by atoms with Gasteiger partial charge < -0.3 is 14.8 Å². The number of hydrogen-bond donors (Lipinski definition) is 2. The SMILES string of the molecule is COc1ccc(CN[C@@H](C(=O)Nc2cc(C)ccc2OC)c2ccccc2)cc1. The van der Waals surface area contributed by atoms with Gasteiger partial charge in [-0.1, -0.05) is 48.5 Å². The van der Waals surface area contributed by atoms with Crippen molar-refractivity contribution in [2.45, 2.75) is 19.5 Å². The minimum Gasteiger partial charge on any atom is -0.497 e. The molecule has 29 heavy (non-hydrogen) atoms. The van der Waals surface area contributed by atoms with Crippen LogP contribution < -0.4 is 20.1 Å². The van der Waals surface area contributed by atoms with Gasteiger partial charge in [0.05, 0.1) is 19.9 Å². The second kappa shape index (κ2) is 9.75. The Labute approximate surface area is 171 Å². The summed E-state index contributed by atoms with van der Waals surface area (Å²) in [6.45, 7) is 2.52. The van der Waals surface area contributed by atoms with E-state index in [0.717, 1.165) is 22.4 Å². The van der Waals surface area contributed by atoms with Gasteiger partial charge in [-0.05, 0) is 47.9 Å². The van der Waals surface area contributed by atoms with Gasteiger partial charge in [-0.2, -0.15) is 0 Å². The van der Waals surface area contributed by atoms with Crippen molar-refractivity contribution in [2.24, 2.45) is 0 Å². The molecular weight excluding hydrogens is 364 g/mol. The van der Waals surface area contributed by atoms with E-state index in [-0.39, 0.29) is 5.91 Å². The summed E-state index contributed by atoms with van der Waals surface area (Å²) in [4.78, 5) is 13.2. The van der Waals surface area contributed by atoms with Crippen LogP contribution in [0.4, 0.5) is 5.69 Å². The molecule has 5 heteroatoms. The number of amides is 1. The molecule has 0 heterocycles. The Balaban J connectivity index is 1.79. The third-order valence-corrected chi connectivity index (χ3v) is 4.68. The Morgan fingerprint density at radius 1 is 0.931 bits per heavy atom. The van der Waals surface area contributed by atoms with Crippen molar-refractivity contribution in [2.75, 3.05) is 19.5 Å². The Morgan fingerprint density at radius 3 is 2.31 bits per heavy atom. The molecular formula is C24H26N2O3. The number of carbonyl (C=O) groups is 1. The monoisotopic (exact) mass is 390 g/mol. The number of benzene rings is 3. The molecule has 0 radical (unpaired) electrons. The third kappa shape index (κ3) is 5.36. The van der Waals surface area contributed by atoms with Crippen LogP contribution in [0.1, 0.15) is 22.7 Å². The molecule has 1 atom stereocenters. The van der Waals surface area contributed by atoms with Gasteiger partial charge >= 0.3 is 0 Å².